The Morgan fingerprint density at radius 1 is 1.21 bits per heavy atom. The second kappa shape index (κ2) is 7.18. The number of carbonyl (C=O) groups is 1. The van der Waals surface area contributed by atoms with Crippen molar-refractivity contribution in [3.63, 3.8) is 0 Å². The Hall–Kier alpha value is -1.48. The molecule has 8 heteroatoms. The van der Waals surface area contributed by atoms with Crippen molar-refractivity contribution >= 4 is 16.0 Å². The van der Waals surface area contributed by atoms with Gasteiger partial charge in [-0.1, -0.05) is 12.1 Å². The highest BCUT2D eigenvalue weighted by Crippen LogP contribution is 2.26. The van der Waals surface area contributed by atoms with Gasteiger partial charge in [-0.25, -0.2) is 13.2 Å². The van der Waals surface area contributed by atoms with Crippen LogP contribution in [0.4, 0.5) is 0 Å². The van der Waals surface area contributed by atoms with E-state index in [0.717, 1.165) is 32.6 Å². The Bertz CT molecular complexity index is 701. The molecule has 0 spiro atoms. The topological polar surface area (TPSA) is 79.0 Å². The van der Waals surface area contributed by atoms with Crippen molar-refractivity contribution < 1.29 is 17.9 Å². The number of esters is 1. The van der Waals surface area contributed by atoms with Gasteiger partial charge in [0.25, 0.3) is 0 Å². The molecule has 2 fully saturated rings. The molecule has 1 N–H and O–H groups in total. The van der Waals surface area contributed by atoms with E-state index in [4.69, 9.17) is 4.74 Å². The average molecular weight is 353 g/mol. The maximum Gasteiger partial charge on any atom is 0.339 e. The molecule has 2 saturated heterocycles. The third-order valence-corrected chi connectivity index (χ3v) is 6.63. The van der Waals surface area contributed by atoms with Gasteiger partial charge in [-0.05, 0) is 18.6 Å². The zero-order valence-electron chi connectivity index (χ0n) is 13.8. The molecule has 0 aliphatic carbocycles. The van der Waals surface area contributed by atoms with Crippen molar-refractivity contribution in [2.24, 2.45) is 0 Å². The Labute approximate surface area is 142 Å². The number of sulfonamides is 1. The lowest BCUT2D eigenvalue weighted by Crippen LogP contribution is -2.49. The molecule has 2 heterocycles. The second-order valence-electron chi connectivity index (χ2n) is 6.08. The molecule has 7 nitrogen and oxygen atoms in total. The van der Waals surface area contributed by atoms with Crippen LogP contribution in [0, 0.1) is 0 Å². The van der Waals surface area contributed by atoms with Gasteiger partial charge >= 0.3 is 5.97 Å². The van der Waals surface area contributed by atoms with E-state index in [9.17, 15) is 13.2 Å². The second-order valence-corrected chi connectivity index (χ2v) is 7.99. The fourth-order valence-corrected chi connectivity index (χ4v) is 5.06. The SMILES string of the molecule is COC(=O)c1ccccc1S(=O)(=O)N1CCC(N2CCNCC2)C1. The van der Waals surface area contributed by atoms with Gasteiger partial charge in [0, 0.05) is 45.3 Å². The zero-order chi connectivity index (χ0) is 17.2. The van der Waals surface area contributed by atoms with E-state index in [0.29, 0.717) is 13.1 Å². The molecule has 1 aromatic carbocycles. The summed E-state index contributed by atoms with van der Waals surface area (Å²) in [7, 11) is -2.45. The van der Waals surface area contributed by atoms with Crippen LogP contribution in [0.2, 0.25) is 0 Å². The van der Waals surface area contributed by atoms with Crippen molar-refractivity contribution in [2.75, 3.05) is 46.4 Å². The Balaban J connectivity index is 1.81. The summed E-state index contributed by atoms with van der Waals surface area (Å²) in [6, 6.07) is 6.47. The van der Waals surface area contributed by atoms with E-state index < -0.39 is 16.0 Å². The van der Waals surface area contributed by atoms with Crippen LogP contribution in [0.15, 0.2) is 29.2 Å². The number of benzene rings is 1. The highest BCUT2D eigenvalue weighted by Gasteiger charge is 2.37. The van der Waals surface area contributed by atoms with Crippen LogP contribution in [-0.4, -0.2) is 76.0 Å². The molecule has 0 radical (unpaired) electrons. The molecule has 1 aromatic rings. The van der Waals surface area contributed by atoms with Crippen LogP contribution in [0.1, 0.15) is 16.8 Å². The van der Waals surface area contributed by atoms with E-state index in [1.54, 1.807) is 12.1 Å². The Morgan fingerprint density at radius 3 is 2.62 bits per heavy atom. The standard InChI is InChI=1S/C16H23N3O4S/c1-23-16(20)14-4-2-3-5-15(14)24(21,22)19-9-6-13(12-19)18-10-7-17-8-11-18/h2-5,13,17H,6-12H2,1H3. The maximum atomic E-state index is 13.0. The quantitative estimate of drug-likeness (QED) is 0.776. The lowest BCUT2D eigenvalue weighted by atomic mass is 10.2. The zero-order valence-corrected chi connectivity index (χ0v) is 14.6. The predicted octanol–water partition coefficient (Wildman–Crippen LogP) is 0.141. The minimum absolute atomic E-state index is 0.0258. The van der Waals surface area contributed by atoms with Gasteiger partial charge in [-0.2, -0.15) is 4.31 Å². The Kier molecular flexibility index (Phi) is 5.19. The van der Waals surface area contributed by atoms with E-state index in [1.165, 1.54) is 23.5 Å². The summed E-state index contributed by atoms with van der Waals surface area (Å²) >= 11 is 0. The van der Waals surface area contributed by atoms with E-state index in [-0.39, 0.29) is 16.5 Å². The summed E-state index contributed by atoms with van der Waals surface area (Å²) in [5.74, 6) is -0.632. The number of piperazine rings is 1. The minimum atomic E-state index is -3.71. The van der Waals surface area contributed by atoms with Gasteiger partial charge in [0.2, 0.25) is 10.0 Å². The molecule has 1 unspecified atom stereocenters. The van der Waals surface area contributed by atoms with Gasteiger partial charge < -0.3 is 10.1 Å². The number of hydrogen-bond acceptors (Lipinski definition) is 6. The highest BCUT2D eigenvalue weighted by atomic mass is 32.2. The van der Waals surface area contributed by atoms with Crippen LogP contribution in [0.25, 0.3) is 0 Å². The van der Waals surface area contributed by atoms with Crippen LogP contribution in [0.3, 0.4) is 0 Å². The van der Waals surface area contributed by atoms with Gasteiger partial charge in [-0.3, -0.25) is 4.90 Å². The molecular formula is C16H23N3O4S. The first kappa shape index (κ1) is 17.3. The van der Waals surface area contributed by atoms with E-state index in [1.807, 2.05) is 0 Å². The number of rotatable bonds is 4. The molecule has 0 bridgehead atoms. The van der Waals surface area contributed by atoms with Gasteiger partial charge in [0.1, 0.15) is 0 Å². The van der Waals surface area contributed by atoms with Crippen LogP contribution >= 0.6 is 0 Å². The van der Waals surface area contributed by atoms with Crippen LogP contribution < -0.4 is 5.32 Å². The minimum Gasteiger partial charge on any atom is -0.465 e. The van der Waals surface area contributed by atoms with E-state index in [2.05, 4.69) is 10.2 Å². The largest absolute Gasteiger partial charge is 0.465 e. The highest BCUT2D eigenvalue weighted by molar-refractivity contribution is 7.89. The number of nitrogens with one attached hydrogen (secondary N) is 1. The van der Waals surface area contributed by atoms with Crippen molar-refractivity contribution in [1.29, 1.82) is 0 Å². The number of methoxy groups -OCH3 is 1. The van der Waals surface area contributed by atoms with Crippen LogP contribution in [-0.2, 0) is 14.8 Å². The maximum absolute atomic E-state index is 13.0. The number of carbonyl (C=O) groups excluding carboxylic acids is 1. The van der Waals surface area contributed by atoms with Crippen molar-refractivity contribution in [3.05, 3.63) is 29.8 Å². The monoisotopic (exact) mass is 353 g/mol. The summed E-state index contributed by atoms with van der Waals surface area (Å²) in [5, 5.41) is 3.31. The molecule has 3 rings (SSSR count). The molecule has 132 valence electrons. The first-order valence-corrected chi connectivity index (χ1v) is 9.60. The fraction of sp³-hybridized carbons (Fsp3) is 0.562. The summed E-state index contributed by atoms with van der Waals surface area (Å²) in [4.78, 5) is 14.3. The van der Waals surface area contributed by atoms with Crippen LogP contribution in [0.5, 0.6) is 0 Å². The normalized spacial score (nSPS) is 23.3. The first-order chi connectivity index (χ1) is 11.5. The lowest BCUT2D eigenvalue weighted by Gasteiger charge is -2.32. The lowest BCUT2D eigenvalue weighted by molar-refractivity contribution is 0.0596. The average Bonchev–Trinajstić information content (AvgIpc) is 3.13. The number of nitrogens with zero attached hydrogens (tertiary/aromatic N) is 2. The Morgan fingerprint density at radius 2 is 1.92 bits per heavy atom. The summed E-state index contributed by atoms with van der Waals surface area (Å²) in [5.41, 5.74) is 0.0885. The molecule has 0 aromatic heterocycles. The molecule has 2 aliphatic heterocycles. The summed E-state index contributed by atoms with van der Waals surface area (Å²) in [6.07, 6.45) is 0.819. The molecule has 0 saturated carbocycles. The molecule has 24 heavy (non-hydrogen) atoms. The third kappa shape index (κ3) is 3.32. The smallest absolute Gasteiger partial charge is 0.339 e. The van der Waals surface area contributed by atoms with Crippen molar-refractivity contribution in [1.82, 2.24) is 14.5 Å². The molecule has 0 amide bonds. The third-order valence-electron chi connectivity index (χ3n) is 4.70. The number of hydrogen-bond donors (Lipinski definition) is 1. The number of ether oxygens (including phenoxy) is 1. The molecule has 2 aliphatic rings. The first-order valence-electron chi connectivity index (χ1n) is 8.16. The van der Waals surface area contributed by atoms with Gasteiger partial charge in [0.15, 0.2) is 0 Å². The summed E-state index contributed by atoms with van der Waals surface area (Å²) < 4.78 is 32.2. The predicted molar refractivity (Wildman–Crippen MR) is 89.4 cm³/mol. The van der Waals surface area contributed by atoms with Gasteiger partial charge in [-0.15, -0.1) is 0 Å². The molecule has 1 atom stereocenters. The fourth-order valence-electron chi connectivity index (χ4n) is 3.38. The van der Waals surface area contributed by atoms with Crippen molar-refractivity contribution in [2.45, 2.75) is 17.4 Å². The van der Waals surface area contributed by atoms with E-state index >= 15 is 0 Å². The van der Waals surface area contributed by atoms with Gasteiger partial charge in [0.05, 0.1) is 17.6 Å². The molecular weight excluding hydrogens is 330 g/mol. The summed E-state index contributed by atoms with van der Waals surface area (Å²) in [6.45, 7) is 4.71. The van der Waals surface area contributed by atoms with Crippen molar-refractivity contribution in [3.8, 4) is 0 Å².